The van der Waals surface area contributed by atoms with Crippen LogP contribution in [-0.2, 0) is 0 Å². The van der Waals surface area contributed by atoms with Crippen molar-refractivity contribution in [3.63, 3.8) is 0 Å². The largest absolute Gasteiger partial charge is 0.319 e. The van der Waals surface area contributed by atoms with Gasteiger partial charge in [0.25, 0.3) is 5.91 Å². The fraction of sp³-hybridized carbons (Fsp3) is 0.0870. The number of rotatable bonds is 4. The number of nitrogens with zero attached hydrogens (tertiary/aromatic N) is 3. The van der Waals surface area contributed by atoms with Crippen LogP contribution >= 0.6 is 34.8 Å². The lowest BCUT2D eigenvalue weighted by atomic mass is 10.1. The predicted octanol–water partition coefficient (Wildman–Crippen LogP) is 6.76. The molecule has 1 N–H and O–H groups in total. The van der Waals surface area contributed by atoms with Gasteiger partial charge >= 0.3 is 0 Å². The fourth-order valence-electron chi connectivity index (χ4n) is 3.12. The number of benzene rings is 3. The van der Waals surface area contributed by atoms with Crippen molar-refractivity contribution in [1.29, 1.82) is 0 Å². The summed E-state index contributed by atoms with van der Waals surface area (Å²) >= 11 is 18.2. The summed E-state index contributed by atoms with van der Waals surface area (Å²) in [6.45, 7) is 4.02. The van der Waals surface area contributed by atoms with Gasteiger partial charge in [-0.3, -0.25) is 4.79 Å². The van der Waals surface area contributed by atoms with E-state index >= 15 is 0 Å². The zero-order valence-electron chi connectivity index (χ0n) is 16.7. The fourth-order valence-corrected chi connectivity index (χ4v) is 3.60. The number of amides is 1. The van der Waals surface area contributed by atoms with E-state index < -0.39 is 5.91 Å². The van der Waals surface area contributed by atoms with Crippen LogP contribution in [0.15, 0.2) is 60.7 Å². The van der Waals surface area contributed by atoms with E-state index in [4.69, 9.17) is 34.8 Å². The van der Waals surface area contributed by atoms with Crippen LogP contribution in [-0.4, -0.2) is 20.7 Å². The van der Waals surface area contributed by atoms with Gasteiger partial charge in [-0.2, -0.15) is 0 Å². The van der Waals surface area contributed by atoms with Crippen molar-refractivity contribution < 1.29 is 4.79 Å². The van der Waals surface area contributed by atoms with Gasteiger partial charge in [-0.1, -0.05) is 59.1 Å². The molecule has 0 saturated carbocycles. The van der Waals surface area contributed by atoms with Crippen LogP contribution in [0.3, 0.4) is 0 Å². The molecule has 3 aromatic carbocycles. The molecule has 4 rings (SSSR count). The minimum Gasteiger partial charge on any atom is -0.319 e. The van der Waals surface area contributed by atoms with Gasteiger partial charge in [0.05, 0.1) is 15.7 Å². The number of hydrogen-bond donors (Lipinski definition) is 1. The molecule has 0 saturated heterocycles. The highest BCUT2D eigenvalue weighted by Crippen LogP contribution is 2.28. The van der Waals surface area contributed by atoms with Crippen molar-refractivity contribution in [2.24, 2.45) is 0 Å². The third-order valence-electron chi connectivity index (χ3n) is 4.87. The van der Waals surface area contributed by atoms with Crippen LogP contribution in [0.2, 0.25) is 15.1 Å². The zero-order valence-corrected chi connectivity index (χ0v) is 18.9. The summed E-state index contributed by atoms with van der Waals surface area (Å²) in [6, 6.07) is 18.0. The molecule has 4 aromatic rings. The number of nitrogens with one attached hydrogen (secondary N) is 1. The number of halogens is 3. The molecule has 0 unspecified atom stereocenters. The maximum absolute atomic E-state index is 12.9. The van der Waals surface area contributed by atoms with Gasteiger partial charge < -0.3 is 5.32 Å². The average molecular weight is 472 g/mol. The monoisotopic (exact) mass is 470 g/mol. The first-order chi connectivity index (χ1) is 14.8. The number of anilines is 1. The van der Waals surface area contributed by atoms with E-state index in [-0.39, 0.29) is 5.82 Å². The van der Waals surface area contributed by atoms with Gasteiger partial charge in [0.1, 0.15) is 0 Å². The molecule has 0 fully saturated rings. The second-order valence-electron chi connectivity index (χ2n) is 6.98. The normalized spacial score (nSPS) is 10.9. The summed E-state index contributed by atoms with van der Waals surface area (Å²) in [5.41, 5.74) is 4.20. The van der Waals surface area contributed by atoms with Crippen molar-refractivity contribution in [1.82, 2.24) is 14.8 Å². The number of hydrogen-bond acceptors (Lipinski definition) is 3. The molecular formula is C23H17Cl3N4O. The first-order valence-electron chi connectivity index (χ1n) is 9.39. The average Bonchev–Trinajstić information content (AvgIpc) is 3.18. The van der Waals surface area contributed by atoms with Crippen LogP contribution in [0.25, 0.3) is 17.1 Å². The second kappa shape index (κ2) is 8.71. The molecule has 0 spiro atoms. The van der Waals surface area contributed by atoms with Crippen molar-refractivity contribution in [2.45, 2.75) is 13.8 Å². The minimum absolute atomic E-state index is 0.0157. The lowest BCUT2D eigenvalue weighted by Crippen LogP contribution is -2.14. The predicted molar refractivity (Wildman–Crippen MR) is 126 cm³/mol. The highest BCUT2D eigenvalue weighted by molar-refractivity contribution is 6.42. The Morgan fingerprint density at radius 2 is 1.71 bits per heavy atom. The van der Waals surface area contributed by atoms with Crippen molar-refractivity contribution in [3.05, 3.63) is 92.7 Å². The molecule has 1 aromatic heterocycles. The number of aryl methyl sites for hydroxylation is 1. The second-order valence-corrected chi connectivity index (χ2v) is 8.23. The molecular weight excluding hydrogens is 455 g/mol. The van der Waals surface area contributed by atoms with Gasteiger partial charge in [0.2, 0.25) is 5.82 Å². The number of aromatic nitrogens is 3. The van der Waals surface area contributed by atoms with E-state index in [0.717, 1.165) is 22.4 Å². The molecule has 0 aliphatic carbocycles. The Bertz CT molecular complexity index is 1300. The molecule has 31 heavy (non-hydrogen) atoms. The first-order valence-corrected chi connectivity index (χ1v) is 10.5. The Morgan fingerprint density at radius 3 is 2.45 bits per heavy atom. The highest BCUT2D eigenvalue weighted by Gasteiger charge is 2.20. The topological polar surface area (TPSA) is 59.8 Å². The maximum atomic E-state index is 12.9. The van der Waals surface area contributed by atoms with Crippen molar-refractivity contribution >= 4 is 46.4 Å². The number of carbonyl (C=O) groups is 1. The van der Waals surface area contributed by atoms with E-state index in [2.05, 4.69) is 15.4 Å². The van der Waals surface area contributed by atoms with Crippen LogP contribution in [0.1, 0.15) is 21.7 Å². The summed E-state index contributed by atoms with van der Waals surface area (Å²) in [6.07, 6.45) is 0. The summed E-state index contributed by atoms with van der Waals surface area (Å²) in [5, 5.41) is 8.58. The van der Waals surface area contributed by atoms with Crippen LogP contribution < -0.4 is 5.32 Å². The summed E-state index contributed by atoms with van der Waals surface area (Å²) in [5.74, 6) is 0.0585. The van der Waals surface area contributed by atoms with Crippen molar-refractivity contribution in [3.8, 4) is 17.1 Å². The van der Waals surface area contributed by atoms with Crippen LogP contribution in [0.4, 0.5) is 5.69 Å². The Labute approximate surface area is 194 Å². The molecule has 1 heterocycles. The first kappa shape index (κ1) is 21.4. The van der Waals surface area contributed by atoms with E-state index in [0.29, 0.717) is 26.6 Å². The van der Waals surface area contributed by atoms with Crippen molar-refractivity contribution in [2.75, 3.05) is 5.32 Å². The van der Waals surface area contributed by atoms with Crippen LogP contribution in [0.5, 0.6) is 0 Å². The standard InChI is InChI=1S/C23H17Cl3N4O/c1-13-5-3-8-20(14(13)2)30-22(15-6-4-7-16(24)11-15)28-21(29-30)23(31)27-17-9-10-18(25)19(26)12-17/h3-12H,1-2H3,(H,27,31). The third-order valence-corrected chi connectivity index (χ3v) is 5.85. The van der Waals surface area contributed by atoms with Gasteiger partial charge in [0, 0.05) is 16.3 Å². The Balaban J connectivity index is 1.80. The lowest BCUT2D eigenvalue weighted by molar-refractivity contribution is 0.101. The van der Waals surface area contributed by atoms with E-state index in [1.165, 1.54) is 0 Å². The Hall–Kier alpha value is -2.86. The van der Waals surface area contributed by atoms with Gasteiger partial charge in [0.15, 0.2) is 5.82 Å². The summed E-state index contributed by atoms with van der Waals surface area (Å²) in [7, 11) is 0. The minimum atomic E-state index is -0.467. The third kappa shape index (κ3) is 4.44. The molecule has 0 radical (unpaired) electrons. The van der Waals surface area contributed by atoms with Gasteiger partial charge in [-0.05, 0) is 61.4 Å². The van der Waals surface area contributed by atoms with E-state index in [1.807, 2.05) is 44.2 Å². The highest BCUT2D eigenvalue weighted by atomic mass is 35.5. The quantitative estimate of drug-likeness (QED) is 0.357. The Morgan fingerprint density at radius 1 is 0.935 bits per heavy atom. The molecule has 156 valence electrons. The molecule has 8 heteroatoms. The van der Waals surface area contributed by atoms with Gasteiger partial charge in [-0.25, -0.2) is 9.67 Å². The molecule has 0 aliphatic rings. The molecule has 0 atom stereocenters. The summed E-state index contributed by atoms with van der Waals surface area (Å²) < 4.78 is 1.66. The molecule has 5 nitrogen and oxygen atoms in total. The zero-order chi connectivity index (χ0) is 22.1. The van der Waals surface area contributed by atoms with E-state index in [9.17, 15) is 4.79 Å². The summed E-state index contributed by atoms with van der Waals surface area (Å²) in [4.78, 5) is 17.4. The van der Waals surface area contributed by atoms with Crippen LogP contribution in [0, 0.1) is 13.8 Å². The van der Waals surface area contributed by atoms with E-state index in [1.54, 1.807) is 35.0 Å². The molecule has 0 bridgehead atoms. The lowest BCUT2D eigenvalue weighted by Gasteiger charge is -2.11. The molecule has 1 amide bonds. The Kier molecular flexibility index (Phi) is 6.01. The molecule has 0 aliphatic heterocycles. The SMILES string of the molecule is Cc1cccc(-n2nc(C(=O)Nc3ccc(Cl)c(Cl)c3)nc2-c2cccc(Cl)c2)c1C. The number of carbonyl (C=O) groups excluding carboxylic acids is 1. The van der Waals surface area contributed by atoms with Gasteiger partial charge in [-0.15, -0.1) is 5.10 Å². The maximum Gasteiger partial charge on any atom is 0.295 e. The smallest absolute Gasteiger partial charge is 0.295 e.